The highest BCUT2D eigenvalue weighted by Crippen LogP contribution is 2.35. The molecule has 0 unspecified atom stereocenters. The van der Waals surface area contributed by atoms with Crippen LogP contribution in [0.4, 0.5) is 0 Å². The highest BCUT2D eigenvalue weighted by molar-refractivity contribution is 6.34. The zero-order valence-corrected chi connectivity index (χ0v) is 14.1. The van der Waals surface area contributed by atoms with Gasteiger partial charge in [0, 0.05) is 22.7 Å². The van der Waals surface area contributed by atoms with Gasteiger partial charge in [0.25, 0.3) is 5.91 Å². The van der Waals surface area contributed by atoms with Gasteiger partial charge in [-0.3, -0.25) is 9.78 Å². The second-order valence-corrected chi connectivity index (χ2v) is 5.69. The van der Waals surface area contributed by atoms with Crippen molar-refractivity contribution in [2.24, 2.45) is 16.5 Å². The number of rotatable bonds is 3. The van der Waals surface area contributed by atoms with Crippen molar-refractivity contribution >= 4 is 34.4 Å². The zero-order valence-electron chi connectivity index (χ0n) is 13.4. The van der Waals surface area contributed by atoms with Gasteiger partial charge in [0.1, 0.15) is 5.75 Å². The molecular formula is C18H15ClN4O2. The minimum Gasteiger partial charge on any atom is -0.497 e. The number of pyridine rings is 1. The summed E-state index contributed by atoms with van der Waals surface area (Å²) in [6.07, 6.45) is 1.58. The van der Waals surface area contributed by atoms with Crippen LogP contribution in [0.25, 0.3) is 22.0 Å². The molecule has 4 N–H and O–H groups in total. The third-order valence-electron chi connectivity index (χ3n) is 3.68. The van der Waals surface area contributed by atoms with Gasteiger partial charge in [0.05, 0.1) is 17.6 Å². The molecule has 126 valence electrons. The van der Waals surface area contributed by atoms with Crippen LogP contribution in [0, 0.1) is 0 Å². The Labute approximate surface area is 149 Å². The molecule has 0 aliphatic rings. The average molecular weight is 355 g/mol. The van der Waals surface area contributed by atoms with Gasteiger partial charge >= 0.3 is 0 Å². The van der Waals surface area contributed by atoms with Crippen LogP contribution in [0.3, 0.4) is 0 Å². The molecule has 0 spiro atoms. The standard InChI is InChI=1S/C18H15ClN4O2/c1-25-12-5-2-10(3-6-12)16-13-8-11(17(24)23-18(20)21)4-7-15(13)22-9-14(16)19/h2-9H,1H3,(H4,20,21,23,24). The van der Waals surface area contributed by atoms with Crippen molar-refractivity contribution in [2.45, 2.75) is 0 Å². The number of benzene rings is 2. The van der Waals surface area contributed by atoms with Gasteiger partial charge in [-0.2, -0.15) is 4.99 Å². The molecule has 0 aliphatic heterocycles. The number of methoxy groups -OCH3 is 1. The molecule has 6 nitrogen and oxygen atoms in total. The Morgan fingerprint density at radius 3 is 2.52 bits per heavy atom. The number of carbonyl (C=O) groups excluding carboxylic acids is 1. The van der Waals surface area contributed by atoms with Gasteiger partial charge in [-0.25, -0.2) is 0 Å². The molecule has 0 atom stereocenters. The minimum absolute atomic E-state index is 0.287. The summed E-state index contributed by atoms with van der Waals surface area (Å²) < 4.78 is 5.18. The number of hydrogen-bond donors (Lipinski definition) is 2. The first-order chi connectivity index (χ1) is 12.0. The molecule has 1 heterocycles. The van der Waals surface area contributed by atoms with Crippen LogP contribution < -0.4 is 16.2 Å². The SMILES string of the molecule is COc1ccc(-c2c(Cl)cnc3ccc(C(=O)N=C(N)N)cc23)cc1. The van der Waals surface area contributed by atoms with Crippen LogP contribution in [-0.4, -0.2) is 24.0 Å². The fraction of sp³-hybridized carbons (Fsp3) is 0.0556. The topological polar surface area (TPSA) is 104 Å². The summed E-state index contributed by atoms with van der Waals surface area (Å²) in [5.41, 5.74) is 13.3. The van der Waals surface area contributed by atoms with Gasteiger partial charge in [0.15, 0.2) is 5.96 Å². The summed E-state index contributed by atoms with van der Waals surface area (Å²) in [5.74, 6) is -0.0749. The summed E-state index contributed by atoms with van der Waals surface area (Å²) in [5, 5.41) is 1.21. The molecule has 1 aromatic heterocycles. The largest absolute Gasteiger partial charge is 0.497 e. The Bertz CT molecular complexity index is 980. The molecule has 25 heavy (non-hydrogen) atoms. The maximum Gasteiger partial charge on any atom is 0.280 e. The van der Waals surface area contributed by atoms with E-state index in [1.54, 1.807) is 31.5 Å². The fourth-order valence-electron chi connectivity index (χ4n) is 2.53. The van der Waals surface area contributed by atoms with Crippen molar-refractivity contribution in [1.29, 1.82) is 0 Å². The summed E-state index contributed by atoms with van der Waals surface area (Å²) >= 11 is 6.38. The van der Waals surface area contributed by atoms with E-state index in [1.165, 1.54) is 0 Å². The van der Waals surface area contributed by atoms with E-state index in [9.17, 15) is 4.79 Å². The van der Waals surface area contributed by atoms with Gasteiger partial charge < -0.3 is 16.2 Å². The van der Waals surface area contributed by atoms with Crippen molar-refractivity contribution in [1.82, 2.24) is 4.98 Å². The van der Waals surface area contributed by atoms with E-state index in [4.69, 9.17) is 27.8 Å². The van der Waals surface area contributed by atoms with Crippen LogP contribution in [0.2, 0.25) is 5.02 Å². The molecule has 1 amide bonds. The Morgan fingerprint density at radius 1 is 1.16 bits per heavy atom. The average Bonchev–Trinajstić information content (AvgIpc) is 2.60. The molecule has 0 fully saturated rings. The number of nitrogens with zero attached hydrogens (tertiary/aromatic N) is 2. The van der Waals surface area contributed by atoms with Crippen LogP contribution >= 0.6 is 11.6 Å². The van der Waals surface area contributed by atoms with E-state index >= 15 is 0 Å². The number of halogens is 1. The van der Waals surface area contributed by atoms with E-state index in [1.807, 2.05) is 24.3 Å². The maximum atomic E-state index is 12.1. The molecule has 3 rings (SSSR count). The number of amides is 1. The first-order valence-electron chi connectivity index (χ1n) is 7.36. The molecular weight excluding hydrogens is 340 g/mol. The van der Waals surface area contributed by atoms with E-state index in [2.05, 4.69) is 9.98 Å². The molecule has 7 heteroatoms. The van der Waals surface area contributed by atoms with E-state index < -0.39 is 5.91 Å². The molecule has 2 aromatic carbocycles. The molecule has 0 saturated heterocycles. The molecule has 0 bridgehead atoms. The minimum atomic E-state index is -0.525. The number of aliphatic imine (C=N–C) groups is 1. The Hall–Kier alpha value is -3.12. The lowest BCUT2D eigenvalue weighted by molar-refractivity contribution is 0.100. The number of aromatic nitrogens is 1. The third-order valence-corrected chi connectivity index (χ3v) is 3.96. The van der Waals surface area contributed by atoms with Gasteiger partial charge in [-0.1, -0.05) is 23.7 Å². The molecule has 3 aromatic rings. The maximum absolute atomic E-state index is 12.1. The van der Waals surface area contributed by atoms with Crippen molar-refractivity contribution in [3.05, 3.63) is 59.2 Å². The third kappa shape index (κ3) is 3.39. The van der Waals surface area contributed by atoms with Crippen molar-refractivity contribution in [3.8, 4) is 16.9 Å². The van der Waals surface area contributed by atoms with Gasteiger partial charge in [0.2, 0.25) is 0 Å². The second-order valence-electron chi connectivity index (χ2n) is 5.28. The second kappa shape index (κ2) is 6.78. The summed E-state index contributed by atoms with van der Waals surface area (Å²) in [6, 6.07) is 12.5. The molecule has 0 saturated carbocycles. The first-order valence-corrected chi connectivity index (χ1v) is 7.74. The number of guanidine groups is 1. The van der Waals surface area contributed by atoms with Crippen molar-refractivity contribution in [3.63, 3.8) is 0 Å². The van der Waals surface area contributed by atoms with Gasteiger partial charge in [-0.15, -0.1) is 0 Å². The highest BCUT2D eigenvalue weighted by Gasteiger charge is 2.13. The van der Waals surface area contributed by atoms with E-state index in [-0.39, 0.29) is 5.96 Å². The normalized spacial score (nSPS) is 10.5. The number of fused-ring (bicyclic) bond motifs is 1. The molecule has 0 radical (unpaired) electrons. The van der Waals surface area contributed by atoms with Crippen LogP contribution in [0.15, 0.2) is 53.7 Å². The number of carbonyl (C=O) groups is 1. The predicted octanol–water partition coefficient (Wildman–Crippen LogP) is 2.98. The fourth-order valence-corrected chi connectivity index (χ4v) is 2.79. The lowest BCUT2D eigenvalue weighted by Crippen LogP contribution is -2.24. The molecule has 0 aliphatic carbocycles. The summed E-state index contributed by atoms with van der Waals surface area (Å²) in [4.78, 5) is 20.0. The van der Waals surface area contributed by atoms with E-state index in [0.717, 1.165) is 22.3 Å². The summed E-state index contributed by atoms with van der Waals surface area (Å²) in [7, 11) is 1.60. The van der Waals surface area contributed by atoms with Crippen LogP contribution in [-0.2, 0) is 0 Å². The number of hydrogen-bond acceptors (Lipinski definition) is 3. The van der Waals surface area contributed by atoms with Crippen LogP contribution in [0.5, 0.6) is 5.75 Å². The summed E-state index contributed by atoms with van der Waals surface area (Å²) in [6.45, 7) is 0. The van der Waals surface area contributed by atoms with Gasteiger partial charge in [-0.05, 0) is 35.9 Å². The first kappa shape index (κ1) is 16.7. The Balaban J connectivity index is 2.20. The van der Waals surface area contributed by atoms with Crippen molar-refractivity contribution < 1.29 is 9.53 Å². The number of ether oxygens (including phenoxy) is 1. The quantitative estimate of drug-likeness (QED) is 0.556. The zero-order chi connectivity index (χ0) is 18.0. The Morgan fingerprint density at radius 2 is 1.88 bits per heavy atom. The lowest BCUT2D eigenvalue weighted by atomic mass is 9.99. The number of nitrogens with two attached hydrogens (primary N) is 2. The lowest BCUT2D eigenvalue weighted by Gasteiger charge is -2.10. The van der Waals surface area contributed by atoms with Crippen LogP contribution in [0.1, 0.15) is 10.4 Å². The van der Waals surface area contributed by atoms with Crippen molar-refractivity contribution in [2.75, 3.05) is 7.11 Å². The van der Waals surface area contributed by atoms with E-state index in [0.29, 0.717) is 16.1 Å². The smallest absolute Gasteiger partial charge is 0.280 e. The predicted molar refractivity (Wildman–Crippen MR) is 98.9 cm³/mol. The Kier molecular flexibility index (Phi) is 4.54. The monoisotopic (exact) mass is 354 g/mol. The highest BCUT2D eigenvalue weighted by atomic mass is 35.5.